The van der Waals surface area contributed by atoms with Crippen LogP contribution in [-0.2, 0) is 4.74 Å². The fourth-order valence-corrected chi connectivity index (χ4v) is 2.66. The summed E-state index contributed by atoms with van der Waals surface area (Å²) in [5, 5.41) is 9.29. The van der Waals surface area contributed by atoms with Gasteiger partial charge < -0.3 is 20.7 Å². The summed E-state index contributed by atoms with van der Waals surface area (Å²) in [6.45, 7) is 3.54. The predicted octanol–water partition coefficient (Wildman–Crippen LogP) is -0.708. The number of piperidine rings is 1. The first-order valence-electron chi connectivity index (χ1n) is 5.70. The molecule has 0 aromatic rings. The lowest BCUT2D eigenvalue weighted by molar-refractivity contribution is 0.188. The van der Waals surface area contributed by atoms with Crippen molar-refractivity contribution in [2.45, 2.75) is 18.5 Å². The number of urea groups is 1. The van der Waals surface area contributed by atoms with Crippen molar-refractivity contribution in [1.29, 1.82) is 0 Å². The Morgan fingerprint density at radius 2 is 2.07 bits per heavy atom. The van der Waals surface area contributed by atoms with Crippen LogP contribution in [0.15, 0.2) is 0 Å². The molecule has 84 valence electrons. The second-order valence-electron chi connectivity index (χ2n) is 4.69. The first-order valence-corrected chi connectivity index (χ1v) is 5.70. The fraction of sp³-hybridized carbons (Fsp3) is 0.900. The van der Waals surface area contributed by atoms with Crippen LogP contribution >= 0.6 is 0 Å². The van der Waals surface area contributed by atoms with Gasteiger partial charge in [-0.15, -0.1) is 0 Å². The normalized spacial score (nSPS) is 42.4. The Morgan fingerprint density at radius 1 is 1.27 bits per heavy atom. The monoisotopic (exact) mass is 211 g/mol. The summed E-state index contributed by atoms with van der Waals surface area (Å²) in [7, 11) is 0. The zero-order valence-corrected chi connectivity index (χ0v) is 8.66. The van der Waals surface area contributed by atoms with Crippen molar-refractivity contribution in [2.75, 3.05) is 26.3 Å². The molecule has 5 heteroatoms. The van der Waals surface area contributed by atoms with Crippen LogP contribution in [0.2, 0.25) is 0 Å². The maximum Gasteiger partial charge on any atom is 0.315 e. The lowest BCUT2D eigenvalue weighted by Gasteiger charge is -2.13. The average Bonchev–Trinajstić information content (AvgIpc) is 2.65. The molecule has 3 rings (SSSR count). The molecule has 1 aliphatic carbocycles. The molecule has 3 fully saturated rings. The topological polar surface area (TPSA) is 62.4 Å². The maximum absolute atomic E-state index is 11.6. The van der Waals surface area contributed by atoms with E-state index in [9.17, 15) is 4.79 Å². The molecule has 15 heavy (non-hydrogen) atoms. The van der Waals surface area contributed by atoms with E-state index in [0.29, 0.717) is 24.5 Å². The Kier molecular flexibility index (Phi) is 2.29. The standard InChI is InChI=1S/C10H17N3O2/c14-10(12-6-1-2-15-5-6)13-9-7-3-11-4-8(7)9/h6-9,11H,1-5H2,(H2,12,13,14). The summed E-state index contributed by atoms with van der Waals surface area (Å²) in [5.74, 6) is 1.35. The van der Waals surface area contributed by atoms with Crippen LogP contribution in [-0.4, -0.2) is 44.4 Å². The number of rotatable bonds is 2. The maximum atomic E-state index is 11.6. The van der Waals surface area contributed by atoms with E-state index in [-0.39, 0.29) is 12.1 Å². The molecule has 0 aromatic heterocycles. The van der Waals surface area contributed by atoms with Gasteiger partial charge in [0.2, 0.25) is 0 Å². The van der Waals surface area contributed by atoms with Gasteiger partial charge in [0.25, 0.3) is 0 Å². The number of ether oxygens (including phenoxy) is 1. The number of fused-ring (bicyclic) bond motifs is 1. The van der Waals surface area contributed by atoms with Gasteiger partial charge in [-0.05, 0) is 18.3 Å². The number of hydrogen-bond acceptors (Lipinski definition) is 3. The minimum absolute atomic E-state index is 0.0232. The molecule has 2 heterocycles. The summed E-state index contributed by atoms with van der Waals surface area (Å²) in [6, 6.07) is 0.597. The predicted molar refractivity (Wildman–Crippen MR) is 54.5 cm³/mol. The molecule has 5 nitrogen and oxygen atoms in total. The molecule has 2 aliphatic heterocycles. The van der Waals surface area contributed by atoms with Crippen LogP contribution in [0.3, 0.4) is 0 Å². The van der Waals surface area contributed by atoms with Gasteiger partial charge in [-0.25, -0.2) is 4.79 Å². The molecule has 1 saturated carbocycles. The van der Waals surface area contributed by atoms with Crippen LogP contribution in [0, 0.1) is 11.8 Å². The van der Waals surface area contributed by atoms with Crippen molar-refractivity contribution < 1.29 is 9.53 Å². The summed E-state index contributed by atoms with van der Waals surface area (Å²) < 4.78 is 5.20. The Morgan fingerprint density at radius 3 is 2.73 bits per heavy atom. The lowest BCUT2D eigenvalue weighted by Crippen LogP contribution is -2.44. The van der Waals surface area contributed by atoms with Gasteiger partial charge in [0.05, 0.1) is 12.6 Å². The Hall–Kier alpha value is -0.810. The summed E-state index contributed by atoms with van der Waals surface area (Å²) in [5.41, 5.74) is 0. The molecule has 2 amide bonds. The first kappa shape index (κ1) is 9.42. The highest BCUT2D eigenvalue weighted by Gasteiger charge is 2.53. The van der Waals surface area contributed by atoms with Crippen molar-refractivity contribution in [2.24, 2.45) is 11.8 Å². The van der Waals surface area contributed by atoms with Crippen molar-refractivity contribution in [3.8, 4) is 0 Å². The Balaban J connectivity index is 1.42. The highest BCUT2D eigenvalue weighted by Crippen LogP contribution is 2.41. The Labute approximate surface area is 88.9 Å². The highest BCUT2D eigenvalue weighted by molar-refractivity contribution is 5.75. The number of carbonyl (C=O) groups excluding carboxylic acids is 1. The van der Waals surface area contributed by atoms with Gasteiger partial charge >= 0.3 is 6.03 Å². The molecule has 3 atom stereocenters. The third kappa shape index (κ3) is 1.81. The van der Waals surface area contributed by atoms with Crippen molar-refractivity contribution >= 4 is 6.03 Å². The SMILES string of the molecule is O=C(NC1CCOC1)NC1C2CNCC21. The minimum atomic E-state index is -0.0232. The second kappa shape index (κ2) is 3.64. The summed E-state index contributed by atoms with van der Waals surface area (Å²) in [4.78, 5) is 11.6. The molecule has 0 bridgehead atoms. The summed E-state index contributed by atoms with van der Waals surface area (Å²) >= 11 is 0. The van der Waals surface area contributed by atoms with Crippen LogP contribution in [0.4, 0.5) is 4.79 Å². The Bertz CT molecular complexity index is 255. The van der Waals surface area contributed by atoms with E-state index in [0.717, 1.165) is 26.1 Å². The molecular formula is C10H17N3O2. The smallest absolute Gasteiger partial charge is 0.315 e. The molecule has 3 N–H and O–H groups in total. The fourth-order valence-electron chi connectivity index (χ4n) is 2.66. The van der Waals surface area contributed by atoms with Gasteiger partial charge in [0.15, 0.2) is 0 Å². The van der Waals surface area contributed by atoms with E-state index in [1.165, 1.54) is 0 Å². The first-order chi connectivity index (χ1) is 7.34. The molecule has 2 saturated heterocycles. The van der Waals surface area contributed by atoms with Gasteiger partial charge in [0.1, 0.15) is 0 Å². The van der Waals surface area contributed by atoms with Gasteiger partial charge in [-0.1, -0.05) is 0 Å². The van der Waals surface area contributed by atoms with Crippen molar-refractivity contribution in [1.82, 2.24) is 16.0 Å². The molecular weight excluding hydrogens is 194 g/mol. The zero-order chi connectivity index (χ0) is 10.3. The van der Waals surface area contributed by atoms with E-state index in [2.05, 4.69) is 16.0 Å². The van der Waals surface area contributed by atoms with Crippen LogP contribution < -0.4 is 16.0 Å². The highest BCUT2D eigenvalue weighted by atomic mass is 16.5. The van der Waals surface area contributed by atoms with E-state index in [4.69, 9.17) is 4.74 Å². The third-order valence-corrected chi connectivity index (χ3v) is 3.65. The molecule has 3 aliphatic rings. The number of nitrogens with one attached hydrogen (secondary N) is 3. The lowest BCUT2D eigenvalue weighted by atomic mass is 10.3. The van der Waals surface area contributed by atoms with E-state index < -0.39 is 0 Å². The third-order valence-electron chi connectivity index (χ3n) is 3.65. The number of hydrogen-bond donors (Lipinski definition) is 3. The zero-order valence-electron chi connectivity index (χ0n) is 8.66. The van der Waals surface area contributed by atoms with E-state index in [1.54, 1.807) is 0 Å². The van der Waals surface area contributed by atoms with Crippen molar-refractivity contribution in [3.63, 3.8) is 0 Å². The van der Waals surface area contributed by atoms with E-state index in [1.807, 2.05) is 0 Å². The summed E-state index contributed by atoms with van der Waals surface area (Å²) in [6.07, 6.45) is 0.937. The minimum Gasteiger partial charge on any atom is -0.379 e. The van der Waals surface area contributed by atoms with Crippen LogP contribution in [0.25, 0.3) is 0 Å². The second-order valence-corrected chi connectivity index (χ2v) is 4.69. The number of amides is 2. The number of carbonyl (C=O) groups is 1. The molecule has 3 unspecified atom stereocenters. The molecule has 0 spiro atoms. The molecule has 0 radical (unpaired) electrons. The van der Waals surface area contributed by atoms with Gasteiger partial charge in [0, 0.05) is 25.7 Å². The van der Waals surface area contributed by atoms with Gasteiger partial charge in [-0.2, -0.15) is 0 Å². The van der Waals surface area contributed by atoms with Crippen LogP contribution in [0.5, 0.6) is 0 Å². The van der Waals surface area contributed by atoms with Crippen LogP contribution in [0.1, 0.15) is 6.42 Å². The average molecular weight is 211 g/mol. The quantitative estimate of drug-likeness (QED) is 0.565. The van der Waals surface area contributed by atoms with E-state index >= 15 is 0 Å². The van der Waals surface area contributed by atoms with Crippen molar-refractivity contribution in [3.05, 3.63) is 0 Å². The van der Waals surface area contributed by atoms with Gasteiger partial charge in [-0.3, -0.25) is 0 Å². The molecule has 0 aromatic carbocycles. The largest absolute Gasteiger partial charge is 0.379 e.